The fourth-order valence-corrected chi connectivity index (χ4v) is 2.39. The average molecular weight is 266 g/mol. The van der Waals surface area contributed by atoms with Crippen molar-refractivity contribution in [1.29, 1.82) is 0 Å². The molecule has 0 radical (unpaired) electrons. The molecule has 0 saturated carbocycles. The van der Waals surface area contributed by atoms with Gasteiger partial charge in [0.1, 0.15) is 0 Å². The van der Waals surface area contributed by atoms with Crippen LogP contribution in [0.1, 0.15) is 13.3 Å². The number of hydrogen-bond acceptors (Lipinski definition) is 6. The molecule has 1 aliphatic heterocycles. The lowest BCUT2D eigenvalue weighted by molar-refractivity contribution is -0.00475. The molecule has 1 fully saturated rings. The minimum Gasteiger partial charge on any atom is -0.748 e. The summed E-state index contributed by atoms with van der Waals surface area (Å²) in [6.45, 7) is 5.69. The Morgan fingerprint density at radius 3 is 2.59 bits per heavy atom. The summed E-state index contributed by atoms with van der Waals surface area (Å²) in [6, 6.07) is 0. The van der Waals surface area contributed by atoms with Crippen molar-refractivity contribution in [2.24, 2.45) is 0 Å². The Morgan fingerprint density at radius 2 is 2.06 bits per heavy atom. The Morgan fingerprint density at radius 1 is 1.41 bits per heavy atom. The van der Waals surface area contributed by atoms with E-state index < -0.39 is 22.0 Å². The maximum absolute atomic E-state index is 10.8. The van der Waals surface area contributed by atoms with E-state index in [0.717, 1.165) is 19.5 Å². The van der Waals surface area contributed by atoms with Gasteiger partial charge in [-0.3, -0.25) is 4.90 Å². The monoisotopic (exact) mass is 266 g/mol. The van der Waals surface area contributed by atoms with Gasteiger partial charge in [0.2, 0.25) is 0 Å². The van der Waals surface area contributed by atoms with Gasteiger partial charge in [0.15, 0.2) is 0 Å². The standard InChI is InChI=1S/C10H21NO5S/c1-2-5-16-10(9-17(12,13)14)8-11-3-6-15-7-4-11/h10H,2-9H2,1H3,(H,12,13,14)/p-1. The van der Waals surface area contributed by atoms with Gasteiger partial charge >= 0.3 is 0 Å². The smallest absolute Gasteiger partial charge is 0.0972 e. The minimum absolute atomic E-state index is 0.454. The van der Waals surface area contributed by atoms with E-state index in [0.29, 0.717) is 26.4 Å². The summed E-state index contributed by atoms with van der Waals surface area (Å²) in [5.41, 5.74) is 0. The molecule has 0 amide bonds. The molecule has 0 aromatic rings. The van der Waals surface area contributed by atoms with E-state index in [2.05, 4.69) is 4.90 Å². The molecular formula is C10H20NO5S-. The second-order valence-corrected chi connectivity index (χ2v) is 5.58. The van der Waals surface area contributed by atoms with Gasteiger partial charge in [-0.25, -0.2) is 8.42 Å². The quantitative estimate of drug-likeness (QED) is 0.587. The van der Waals surface area contributed by atoms with Crippen LogP contribution in [0.4, 0.5) is 0 Å². The Kier molecular flexibility index (Phi) is 6.35. The summed E-state index contributed by atoms with van der Waals surface area (Å²) in [6.07, 6.45) is 0.272. The Labute approximate surface area is 103 Å². The van der Waals surface area contributed by atoms with Crippen LogP contribution in [-0.2, 0) is 19.6 Å². The zero-order valence-corrected chi connectivity index (χ0v) is 10.9. The SMILES string of the molecule is CCCOC(CN1CCOCC1)CS(=O)(=O)[O-]. The molecule has 1 unspecified atom stereocenters. The van der Waals surface area contributed by atoms with Crippen LogP contribution in [0.5, 0.6) is 0 Å². The Balaban J connectivity index is 2.43. The Hall–Kier alpha value is -0.210. The lowest BCUT2D eigenvalue weighted by Crippen LogP contribution is -2.43. The topological polar surface area (TPSA) is 78.9 Å². The molecule has 1 atom stereocenters. The highest BCUT2D eigenvalue weighted by molar-refractivity contribution is 7.85. The summed E-state index contributed by atoms with van der Waals surface area (Å²) in [4.78, 5) is 2.06. The van der Waals surface area contributed by atoms with Gasteiger partial charge < -0.3 is 14.0 Å². The predicted octanol–water partition coefficient (Wildman–Crippen LogP) is -0.341. The molecule has 0 bridgehead atoms. The second kappa shape index (κ2) is 7.27. The van der Waals surface area contributed by atoms with Gasteiger partial charge in [-0.2, -0.15) is 0 Å². The molecule has 102 valence electrons. The van der Waals surface area contributed by atoms with Crippen molar-refractivity contribution in [2.75, 3.05) is 45.2 Å². The predicted molar refractivity (Wildman–Crippen MR) is 61.9 cm³/mol. The first-order chi connectivity index (χ1) is 8.01. The highest BCUT2D eigenvalue weighted by atomic mass is 32.2. The van der Waals surface area contributed by atoms with Crippen LogP contribution in [-0.4, -0.2) is 69.2 Å². The average Bonchev–Trinajstić information content (AvgIpc) is 2.25. The van der Waals surface area contributed by atoms with Crippen LogP contribution in [0.3, 0.4) is 0 Å². The van der Waals surface area contributed by atoms with Crippen LogP contribution in [0, 0.1) is 0 Å². The van der Waals surface area contributed by atoms with Gasteiger partial charge in [-0.05, 0) is 6.42 Å². The van der Waals surface area contributed by atoms with Crippen molar-refractivity contribution in [1.82, 2.24) is 4.90 Å². The van der Waals surface area contributed by atoms with Gasteiger partial charge in [-0.1, -0.05) is 6.92 Å². The Bertz CT molecular complexity index is 300. The van der Waals surface area contributed by atoms with E-state index in [9.17, 15) is 13.0 Å². The number of rotatable bonds is 7. The second-order valence-electron chi connectivity index (χ2n) is 4.13. The molecule has 0 aliphatic carbocycles. The van der Waals surface area contributed by atoms with E-state index in [1.165, 1.54) is 0 Å². The summed E-state index contributed by atoms with van der Waals surface area (Å²) < 4.78 is 42.9. The largest absolute Gasteiger partial charge is 0.748 e. The third-order valence-electron chi connectivity index (χ3n) is 2.51. The van der Waals surface area contributed by atoms with E-state index in [1.807, 2.05) is 6.92 Å². The normalized spacial score (nSPS) is 20.4. The molecule has 0 spiro atoms. The minimum atomic E-state index is -4.24. The van der Waals surface area contributed by atoms with Crippen LogP contribution in [0.2, 0.25) is 0 Å². The van der Waals surface area contributed by atoms with Crippen molar-refractivity contribution in [2.45, 2.75) is 19.4 Å². The van der Waals surface area contributed by atoms with E-state index >= 15 is 0 Å². The first kappa shape index (κ1) is 14.8. The summed E-state index contributed by atoms with van der Waals surface area (Å²) in [7, 11) is -4.24. The number of hydrogen-bond donors (Lipinski definition) is 0. The van der Waals surface area contributed by atoms with Gasteiger partial charge in [0, 0.05) is 26.2 Å². The highest BCUT2D eigenvalue weighted by Crippen LogP contribution is 2.04. The van der Waals surface area contributed by atoms with Crippen molar-refractivity contribution in [3.05, 3.63) is 0 Å². The number of morpholine rings is 1. The first-order valence-electron chi connectivity index (χ1n) is 5.86. The van der Waals surface area contributed by atoms with Crippen LogP contribution in [0.25, 0.3) is 0 Å². The van der Waals surface area contributed by atoms with Gasteiger partial charge in [0.25, 0.3) is 0 Å². The highest BCUT2D eigenvalue weighted by Gasteiger charge is 2.19. The lowest BCUT2D eigenvalue weighted by Gasteiger charge is -2.30. The molecule has 0 aromatic carbocycles. The van der Waals surface area contributed by atoms with Crippen molar-refractivity contribution in [3.63, 3.8) is 0 Å². The third-order valence-corrected chi connectivity index (χ3v) is 3.29. The number of nitrogens with zero attached hydrogens (tertiary/aromatic N) is 1. The zero-order chi connectivity index (χ0) is 12.7. The van der Waals surface area contributed by atoms with E-state index in [-0.39, 0.29) is 0 Å². The molecule has 1 saturated heterocycles. The van der Waals surface area contributed by atoms with E-state index in [1.54, 1.807) is 0 Å². The molecular weight excluding hydrogens is 246 g/mol. The summed E-state index contributed by atoms with van der Waals surface area (Å²) in [5, 5.41) is 0. The van der Waals surface area contributed by atoms with Crippen LogP contribution < -0.4 is 0 Å². The number of ether oxygens (including phenoxy) is 2. The van der Waals surface area contributed by atoms with E-state index in [4.69, 9.17) is 9.47 Å². The van der Waals surface area contributed by atoms with Crippen LogP contribution in [0.15, 0.2) is 0 Å². The van der Waals surface area contributed by atoms with Gasteiger partial charge in [0.05, 0.1) is 35.2 Å². The molecule has 17 heavy (non-hydrogen) atoms. The fraction of sp³-hybridized carbons (Fsp3) is 1.00. The lowest BCUT2D eigenvalue weighted by atomic mass is 10.3. The first-order valence-corrected chi connectivity index (χ1v) is 7.44. The molecule has 1 aliphatic rings. The maximum Gasteiger partial charge on any atom is 0.0972 e. The van der Waals surface area contributed by atoms with Crippen LogP contribution >= 0.6 is 0 Å². The summed E-state index contributed by atoms with van der Waals surface area (Å²) >= 11 is 0. The molecule has 0 N–H and O–H groups in total. The molecule has 7 heteroatoms. The van der Waals surface area contributed by atoms with Gasteiger partial charge in [-0.15, -0.1) is 0 Å². The van der Waals surface area contributed by atoms with Crippen molar-refractivity contribution >= 4 is 10.1 Å². The third kappa shape index (κ3) is 6.95. The molecule has 1 heterocycles. The zero-order valence-electron chi connectivity index (χ0n) is 10.1. The molecule has 1 rings (SSSR count). The van der Waals surface area contributed by atoms with Crippen molar-refractivity contribution in [3.8, 4) is 0 Å². The molecule has 6 nitrogen and oxygen atoms in total. The summed E-state index contributed by atoms with van der Waals surface area (Å²) in [5.74, 6) is -0.454. The molecule has 0 aromatic heterocycles. The maximum atomic E-state index is 10.8. The van der Waals surface area contributed by atoms with Crippen molar-refractivity contribution < 1.29 is 22.4 Å². The fourth-order valence-electron chi connectivity index (χ4n) is 1.74.